The van der Waals surface area contributed by atoms with E-state index < -0.39 is 23.9 Å². The second kappa shape index (κ2) is 5.32. The van der Waals surface area contributed by atoms with Crippen molar-refractivity contribution in [3.05, 3.63) is 23.3 Å². The zero-order chi connectivity index (χ0) is 18.0. The van der Waals surface area contributed by atoms with Gasteiger partial charge in [0.05, 0.1) is 36.4 Å². The number of rotatable bonds is 2. The van der Waals surface area contributed by atoms with E-state index in [1.165, 1.54) is 0 Å². The first-order valence-electron chi connectivity index (χ1n) is 8.99. The summed E-state index contributed by atoms with van der Waals surface area (Å²) in [5, 5.41) is 0. The minimum atomic E-state index is -0.481. The number of fused-ring (bicyclic) bond motifs is 1. The molecule has 2 saturated heterocycles. The highest BCUT2D eigenvalue weighted by Crippen LogP contribution is 2.40. The lowest BCUT2D eigenvalue weighted by Gasteiger charge is -2.44. The maximum atomic E-state index is 12.6. The molecule has 0 N–H and O–H groups in total. The zero-order valence-corrected chi connectivity index (χ0v) is 15.6. The van der Waals surface area contributed by atoms with Gasteiger partial charge >= 0.3 is 7.12 Å². The third-order valence-electron chi connectivity index (χ3n) is 5.97. The quantitative estimate of drug-likeness (QED) is 0.771. The van der Waals surface area contributed by atoms with E-state index in [9.17, 15) is 4.79 Å². The Morgan fingerprint density at radius 3 is 2.24 bits per heavy atom. The SMILES string of the molecule is CCc1cc2c(cc1B1OC(C)(C)C(C)(C)O1)OC1(COC1)CC2=O. The van der Waals surface area contributed by atoms with Crippen LogP contribution in [0.25, 0.3) is 0 Å². The van der Waals surface area contributed by atoms with Crippen molar-refractivity contribution in [1.82, 2.24) is 0 Å². The number of aryl methyl sites for hydroxylation is 1. The van der Waals surface area contributed by atoms with E-state index >= 15 is 0 Å². The maximum Gasteiger partial charge on any atom is 0.495 e. The van der Waals surface area contributed by atoms with Crippen molar-refractivity contribution in [3.63, 3.8) is 0 Å². The van der Waals surface area contributed by atoms with Gasteiger partial charge in [-0.3, -0.25) is 4.79 Å². The molecule has 0 bridgehead atoms. The summed E-state index contributed by atoms with van der Waals surface area (Å²) in [6.07, 6.45) is 1.19. The molecule has 0 unspecified atom stereocenters. The molecule has 1 spiro atoms. The van der Waals surface area contributed by atoms with Crippen LogP contribution in [0.1, 0.15) is 57.0 Å². The van der Waals surface area contributed by atoms with E-state index in [2.05, 4.69) is 6.92 Å². The van der Waals surface area contributed by atoms with Gasteiger partial charge in [0.15, 0.2) is 11.4 Å². The van der Waals surface area contributed by atoms with Gasteiger partial charge in [0, 0.05) is 0 Å². The Hall–Kier alpha value is -1.37. The van der Waals surface area contributed by atoms with Crippen molar-refractivity contribution in [2.24, 2.45) is 0 Å². The second-order valence-corrected chi connectivity index (χ2v) is 8.37. The van der Waals surface area contributed by atoms with E-state index in [0.717, 1.165) is 17.4 Å². The Morgan fingerprint density at radius 2 is 1.72 bits per heavy atom. The summed E-state index contributed by atoms with van der Waals surface area (Å²) in [6, 6.07) is 3.89. The van der Waals surface area contributed by atoms with Gasteiger partial charge in [0.2, 0.25) is 0 Å². The van der Waals surface area contributed by atoms with Crippen molar-refractivity contribution in [2.75, 3.05) is 13.2 Å². The molecule has 0 atom stereocenters. The van der Waals surface area contributed by atoms with Gasteiger partial charge in [-0.2, -0.15) is 0 Å². The average molecular weight is 344 g/mol. The van der Waals surface area contributed by atoms with Gasteiger partial charge < -0.3 is 18.8 Å². The molecule has 0 saturated carbocycles. The molecule has 25 heavy (non-hydrogen) atoms. The molecule has 1 aromatic carbocycles. The number of carbonyl (C=O) groups is 1. The van der Waals surface area contributed by atoms with Crippen LogP contribution in [-0.4, -0.2) is 42.9 Å². The third-order valence-corrected chi connectivity index (χ3v) is 5.97. The van der Waals surface area contributed by atoms with E-state index in [1.807, 2.05) is 39.8 Å². The highest BCUT2D eigenvalue weighted by Gasteiger charge is 2.53. The largest absolute Gasteiger partial charge is 0.495 e. The fraction of sp³-hybridized carbons (Fsp3) is 0.632. The molecule has 3 aliphatic rings. The average Bonchev–Trinajstić information content (AvgIpc) is 2.72. The number of carbonyl (C=O) groups excluding carboxylic acids is 1. The summed E-state index contributed by atoms with van der Waals surface area (Å²) in [6.45, 7) is 11.2. The molecule has 3 aliphatic heterocycles. The maximum absolute atomic E-state index is 12.6. The molecule has 3 heterocycles. The van der Waals surface area contributed by atoms with Crippen LogP contribution in [0.2, 0.25) is 0 Å². The number of Topliss-reactive ketones (excluding diaryl/α,β-unsaturated/α-hetero) is 1. The monoisotopic (exact) mass is 344 g/mol. The summed E-state index contributed by atoms with van der Waals surface area (Å²) in [5.41, 5.74) is 1.39. The van der Waals surface area contributed by atoms with Crippen LogP contribution >= 0.6 is 0 Å². The van der Waals surface area contributed by atoms with Crippen molar-refractivity contribution >= 4 is 18.4 Å². The van der Waals surface area contributed by atoms with Gasteiger partial charge in [-0.15, -0.1) is 0 Å². The van der Waals surface area contributed by atoms with Crippen LogP contribution in [0.15, 0.2) is 12.1 Å². The van der Waals surface area contributed by atoms with Gasteiger partial charge in [-0.1, -0.05) is 6.92 Å². The van der Waals surface area contributed by atoms with Crippen molar-refractivity contribution in [3.8, 4) is 5.75 Å². The highest BCUT2D eigenvalue weighted by molar-refractivity contribution is 6.62. The Balaban J connectivity index is 1.74. The fourth-order valence-corrected chi connectivity index (χ4v) is 3.59. The van der Waals surface area contributed by atoms with Gasteiger partial charge in [0.25, 0.3) is 0 Å². The highest BCUT2D eigenvalue weighted by atomic mass is 16.7. The van der Waals surface area contributed by atoms with Crippen LogP contribution in [0.4, 0.5) is 0 Å². The minimum absolute atomic E-state index is 0.125. The molecule has 0 amide bonds. The number of ketones is 1. The number of ether oxygens (including phenoxy) is 2. The van der Waals surface area contributed by atoms with E-state index in [0.29, 0.717) is 30.9 Å². The first-order valence-corrected chi connectivity index (χ1v) is 8.99. The summed E-state index contributed by atoms with van der Waals surface area (Å²) in [5.74, 6) is 0.751. The first kappa shape index (κ1) is 17.1. The zero-order valence-electron chi connectivity index (χ0n) is 15.6. The number of hydrogen-bond acceptors (Lipinski definition) is 5. The van der Waals surface area contributed by atoms with Gasteiger partial charge in [0.1, 0.15) is 5.75 Å². The minimum Gasteiger partial charge on any atom is -0.481 e. The molecule has 6 heteroatoms. The summed E-state index contributed by atoms with van der Waals surface area (Å²) in [7, 11) is -0.459. The molecule has 2 fully saturated rings. The molecular weight excluding hydrogens is 319 g/mol. The van der Waals surface area contributed by atoms with Crippen LogP contribution < -0.4 is 10.2 Å². The molecular formula is C19H25BO5. The molecule has 0 aromatic heterocycles. The lowest BCUT2D eigenvalue weighted by atomic mass is 9.73. The third kappa shape index (κ3) is 2.54. The molecule has 0 aliphatic carbocycles. The smallest absolute Gasteiger partial charge is 0.481 e. The van der Waals surface area contributed by atoms with Gasteiger partial charge in [-0.25, -0.2) is 0 Å². The molecule has 5 nitrogen and oxygen atoms in total. The van der Waals surface area contributed by atoms with Crippen molar-refractivity contribution in [1.29, 1.82) is 0 Å². The first-order chi connectivity index (χ1) is 11.7. The second-order valence-electron chi connectivity index (χ2n) is 8.37. The Bertz CT molecular complexity index is 720. The predicted octanol–water partition coefficient (Wildman–Crippen LogP) is 2.28. The summed E-state index contributed by atoms with van der Waals surface area (Å²) < 4.78 is 23.9. The molecule has 4 rings (SSSR count). The Labute approximate surface area is 149 Å². The lowest BCUT2D eigenvalue weighted by Crippen LogP contribution is -2.57. The van der Waals surface area contributed by atoms with Crippen LogP contribution in [0, 0.1) is 0 Å². The van der Waals surface area contributed by atoms with Crippen LogP contribution in [0.5, 0.6) is 5.75 Å². The summed E-state index contributed by atoms with van der Waals surface area (Å²) in [4.78, 5) is 12.6. The normalized spacial score (nSPS) is 25.5. The molecule has 134 valence electrons. The predicted molar refractivity (Wildman–Crippen MR) is 94.7 cm³/mol. The van der Waals surface area contributed by atoms with E-state index in [-0.39, 0.29) is 5.78 Å². The molecule has 0 radical (unpaired) electrons. The van der Waals surface area contributed by atoms with E-state index in [4.69, 9.17) is 18.8 Å². The molecule has 1 aromatic rings. The fourth-order valence-electron chi connectivity index (χ4n) is 3.59. The van der Waals surface area contributed by atoms with Crippen LogP contribution in [-0.2, 0) is 20.5 Å². The van der Waals surface area contributed by atoms with Crippen molar-refractivity contribution in [2.45, 2.75) is 64.3 Å². The lowest BCUT2D eigenvalue weighted by molar-refractivity contribution is -0.162. The van der Waals surface area contributed by atoms with E-state index in [1.54, 1.807) is 0 Å². The summed E-state index contributed by atoms with van der Waals surface area (Å²) >= 11 is 0. The Kier molecular flexibility index (Phi) is 3.63. The van der Waals surface area contributed by atoms with Gasteiger partial charge in [-0.05, 0) is 57.3 Å². The standard InChI is InChI=1S/C19H25BO5/c1-6-12-7-13-15(21)9-19(10-22-11-19)23-16(13)8-14(12)20-24-17(2,3)18(4,5)25-20/h7-8H,6,9-11H2,1-5H3. The number of benzene rings is 1. The van der Waals surface area contributed by atoms with Crippen LogP contribution in [0.3, 0.4) is 0 Å². The number of hydrogen-bond donors (Lipinski definition) is 0. The topological polar surface area (TPSA) is 54.0 Å². The van der Waals surface area contributed by atoms with Crippen molar-refractivity contribution < 1.29 is 23.6 Å². The Morgan fingerprint density at radius 1 is 1.08 bits per heavy atom.